The Morgan fingerprint density at radius 1 is 1.03 bits per heavy atom. The average Bonchev–Trinajstić information content (AvgIpc) is 3.08. The standard InChI is InChI=1S/C23H22BrNO6/c1-3-4-11-29-22(27)15-5-8-17(9-6-15)25-20(26)13-30-23(28)21-14(2)18-12-16(24)7-10-19(18)31-21/h5-10,12H,3-4,11,13H2,1-2H3,(H,25,26). The summed E-state index contributed by atoms with van der Waals surface area (Å²) in [6.07, 6.45) is 1.75. The molecule has 0 unspecified atom stereocenters. The fourth-order valence-electron chi connectivity index (χ4n) is 2.86. The Bertz CT molecular complexity index is 1100. The maximum Gasteiger partial charge on any atom is 0.375 e. The number of ether oxygens (including phenoxy) is 2. The van der Waals surface area contributed by atoms with Crippen LogP contribution < -0.4 is 5.32 Å². The molecule has 0 atom stereocenters. The molecular weight excluding hydrogens is 466 g/mol. The Labute approximate surface area is 187 Å². The summed E-state index contributed by atoms with van der Waals surface area (Å²) in [6.45, 7) is 3.67. The number of aryl methyl sites for hydroxylation is 1. The second-order valence-electron chi connectivity index (χ2n) is 6.89. The minimum Gasteiger partial charge on any atom is -0.462 e. The van der Waals surface area contributed by atoms with Crippen LogP contribution in [0.15, 0.2) is 51.4 Å². The van der Waals surface area contributed by atoms with E-state index in [4.69, 9.17) is 13.9 Å². The van der Waals surface area contributed by atoms with Gasteiger partial charge in [0.2, 0.25) is 5.76 Å². The Kier molecular flexibility index (Phi) is 7.46. The second kappa shape index (κ2) is 10.3. The van der Waals surface area contributed by atoms with Crippen LogP contribution in [0.2, 0.25) is 0 Å². The van der Waals surface area contributed by atoms with Crippen LogP contribution in [0.25, 0.3) is 11.0 Å². The molecule has 8 heteroatoms. The van der Waals surface area contributed by atoms with E-state index in [1.807, 2.05) is 19.1 Å². The van der Waals surface area contributed by atoms with Crippen molar-refractivity contribution in [1.29, 1.82) is 0 Å². The highest BCUT2D eigenvalue weighted by molar-refractivity contribution is 9.10. The monoisotopic (exact) mass is 487 g/mol. The third kappa shape index (κ3) is 5.73. The molecule has 0 fully saturated rings. The first-order valence-electron chi connectivity index (χ1n) is 9.82. The molecule has 31 heavy (non-hydrogen) atoms. The van der Waals surface area contributed by atoms with Crippen LogP contribution >= 0.6 is 15.9 Å². The lowest BCUT2D eigenvalue weighted by Gasteiger charge is -2.07. The predicted molar refractivity (Wildman–Crippen MR) is 119 cm³/mol. The Hall–Kier alpha value is -3.13. The van der Waals surface area contributed by atoms with Crippen molar-refractivity contribution in [1.82, 2.24) is 0 Å². The molecule has 0 bridgehead atoms. The van der Waals surface area contributed by atoms with Gasteiger partial charge in [0.25, 0.3) is 5.91 Å². The number of fused-ring (bicyclic) bond motifs is 1. The van der Waals surface area contributed by atoms with Crippen LogP contribution in [0.3, 0.4) is 0 Å². The number of nitrogens with one attached hydrogen (secondary N) is 1. The van der Waals surface area contributed by atoms with Crippen LogP contribution in [-0.4, -0.2) is 31.1 Å². The third-order valence-electron chi connectivity index (χ3n) is 4.55. The van der Waals surface area contributed by atoms with Gasteiger partial charge in [-0.15, -0.1) is 0 Å². The highest BCUT2D eigenvalue weighted by atomic mass is 79.9. The van der Waals surface area contributed by atoms with E-state index in [1.54, 1.807) is 37.3 Å². The maximum absolute atomic E-state index is 12.3. The Morgan fingerprint density at radius 3 is 2.48 bits per heavy atom. The molecule has 3 aromatic rings. The number of carbonyl (C=O) groups excluding carboxylic acids is 3. The van der Waals surface area contributed by atoms with Crippen molar-refractivity contribution in [2.75, 3.05) is 18.5 Å². The summed E-state index contributed by atoms with van der Waals surface area (Å²) >= 11 is 3.38. The van der Waals surface area contributed by atoms with Crippen molar-refractivity contribution < 1.29 is 28.3 Å². The van der Waals surface area contributed by atoms with Gasteiger partial charge in [0.1, 0.15) is 5.58 Å². The van der Waals surface area contributed by atoms with Gasteiger partial charge in [-0.3, -0.25) is 4.79 Å². The molecule has 1 heterocycles. The average molecular weight is 488 g/mol. The lowest BCUT2D eigenvalue weighted by Crippen LogP contribution is -2.21. The first kappa shape index (κ1) is 22.6. The fraction of sp³-hybridized carbons (Fsp3) is 0.261. The molecule has 1 N–H and O–H groups in total. The second-order valence-corrected chi connectivity index (χ2v) is 7.80. The highest BCUT2D eigenvalue weighted by Gasteiger charge is 2.20. The van der Waals surface area contributed by atoms with Crippen LogP contribution in [0.5, 0.6) is 0 Å². The van der Waals surface area contributed by atoms with Gasteiger partial charge in [-0.2, -0.15) is 0 Å². The zero-order valence-corrected chi connectivity index (χ0v) is 18.8. The number of amides is 1. The number of benzene rings is 2. The SMILES string of the molecule is CCCCOC(=O)c1ccc(NC(=O)COC(=O)c2oc3ccc(Br)cc3c2C)cc1. The van der Waals surface area contributed by atoms with Crippen molar-refractivity contribution >= 4 is 50.4 Å². The van der Waals surface area contributed by atoms with E-state index in [0.717, 1.165) is 22.7 Å². The van der Waals surface area contributed by atoms with Crippen molar-refractivity contribution in [2.45, 2.75) is 26.7 Å². The Morgan fingerprint density at radius 2 is 1.77 bits per heavy atom. The van der Waals surface area contributed by atoms with E-state index in [0.29, 0.717) is 29.0 Å². The summed E-state index contributed by atoms with van der Waals surface area (Å²) in [5.41, 5.74) is 2.07. The highest BCUT2D eigenvalue weighted by Crippen LogP contribution is 2.28. The number of unbranched alkanes of at least 4 members (excludes halogenated alkanes) is 1. The molecule has 0 saturated heterocycles. The number of rotatable bonds is 8. The smallest absolute Gasteiger partial charge is 0.375 e. The number of anilines is 1. The predicted octanol–water partition coefficient (Wildman–Crippen LogP) is 5.26. The molecule has 1 aromatic heterocycles. The minimum absolute atomic E-state index is 0.0619. The summed E-state index contributed by atoms with van der Waals surface area (Å²) in [5.74, 6) is -1.58. The number of furan rings is 1. The normalized spacial score (nSPS) is 10.7. The zero-order valence-electron chi connectivity index (χ0n) is 17.2. The van der Waals surface area contributed by atoms with Gasteiger partial charge in [0.05, 0.1) is 12.2 Å². The number of esters is 2. The number of halogens is 1. The molecule has 0 aliphatic carbocycles. The lowest BCUT2D eigenvalue weighted by atomic mass is 10.1. The zero-order chi connectivity index (χ0) is 22.4. The van der Waals surface area contributed by atoms with E-state index < -0.39 is 24.5 Å². The van der Waals surface area contributed by atoms with Gasteiger partial charge in [0, 0.05) is 21.1 Å². The molecule has 0 aliphatic heterocycles. The third-order valence-corrected chi connectivity index (χ3v) is 5.05. The van der Waals surface area contributed by atoms with Gasteiger partial charge in [-0.05, 0) is 55.8 Å². The molecule has 3 rings (SSSR count). The van der Waals surface area contributed by atoms with E-state index in [9.17, 15) is 14.4 Å². The van der Waals surface area contributed by atoms with E-state index in [1.165, 1.54) is 0 Å². The topological polar surface area (TPSA) is 94.8 Å². The summed E-state index contributed by atoms with van der Waals surface area (Å²) < 4.78 is 16.7. The van der Waals surface area contributed by atoms with Gasteiger partial charge >= 0.3 is 11.9 Å². The lowest BCUT2D eigenvalue weighted by molar-refractivity contribution is -0.119. The summed E-state index contributed by atoms with van der Waals surface area (Å²) in [6, 6.07) is 11.7. The van der Waals surface area contributed by atoms with E-state index in [-0.39, 0.29) is 5.76 Å². The van der Waals surface area contributed by atoms with Gasteiger partial charge < -0.3 is 19.2 Å². The van der Waals surface area contributed by atoms with E-state index in [2.05, 4.69) is 21.2 Å². The molecule has 0 aliphatic rings. The van der Waals surface area contributed by atoms with Gasteiger partial charge in [-0.25, -0.2) is 9.59 Å². The molecule has 0 saturated carbocycles. The largest absolute Gasteiger partial charge is 0.462 e. The molecule has 162 valence electrons. The molecule has 7 nitrogen and oxygen atoms in total. The van der Waals surface area contributed by atoms with Crippen molar-refractivity contribution in [3.05, 3.63) is 63.8 Å². The van der Waals surface area contributed by atoms with Gasteiger partial charge in [-0.1, -0.05) is 29.3 Å². The summed E-state index contributed by atoms with van der Waals surface area (Å²) in [7, 11) is 0. The quantitative estimate of drug-likeness (QED) is 0.344. The summed E-state index contributed by atoms with van der Waals surface area (Å²) in [4.78, 5) is 36.4. The van der Waals surface area contributed by atoms with Crippen molar-refractivity contribution in [3.8, 4) is 0 Å². The molecular formula is C23H22BrNO6. The van der Waals surface area contributed by atoms with Crippen LogP contribution in [0, 0.1) is 6.92 Å². The fourth-order valence-corrected chi connectivity index (χ4v) is 3.22. The number of carbonyl (C=O) groups is 3. The van der Waals surface area contributed by atoms with Crippen molar-refractivity contribution in [3.63, 3.8) is 0 Å². The molecule has 1 amide bonds. The van der Waals surface area contributed by atoms with Gasteiger partial charge in [0.15, 0.2) is 6.61 Å². The first-order chi connectivity index (χ1) is 14.9. The van der Waals surface area contributed by atoms with Crippen LogP contribution in [0.4, 0.5) is 5.69 Å². The molecule has 0 radical (unpaired) electrons. The Balaban J connectivity index is 1.54. The van der Waals surface area contributed by atoms with Crippen LogP contribution in [0.1, 0.15) is 46.2 Å². The number of hydrogen-bond acceptors (Lipinski definition) is 6. The first-order valence-corrected chi connectivity index (χ1v) is 10.6. The molecule has 2 aromatic carbocycles. The van der Waals surface area contributed by atoms with E-state index >= 15 is 0 Å². The number of hydrogen-bond donors (Lipinski definition) is 1. The maximum atomic E-state index is 12.3. The molecule has 0 spiro atoms. The minimum atomic E-state index is -0.717. The summed E-state index contributed by atoms with van der Waals surface area (Å²) in [5, 5.41) is 3.40. The van der Waals surface area contributed by atoms with Crippen molar-refractivity contribution in [2.24, 2.45) is 0 Å². The van der Waals surface area contributed by atoms with Crippen LogP contribution in [-0.2, 0) is 14.3 Å².